The first-order chi connectivity index (χ1) is 12.1. The van der Waals surface area contributed by atoms with Gasteiger partial charge in [0, 0.05) is 24.2 Å². The summed E-state index contributed by atoms with van der Waals surface area (Å²) < 4.78 is 36.9. The molecule has 8 heteroatoms. The Kier molecular flexibility index (Phi) is 6.52. The zero-order valence-electron chi connectivity index (χ0n) is 16.0. The predicted molar refractivity (Wildman–Crippen MR) is 101 cm³/mol. The third-order valence-electron chi connectivity index (χ3n) is 4.45. The summed E-state index contributed by atoms with van der Waals surface area (Å²) in [5, 5.41) is 2.46. The molecule has 2 rings (SSSR count). The number of fused-ring (bicyclic) bond motifs is 1. The first-order valence-electron chi connectivity index (χ1n) is 8.80. The topological polar surface area (TPSA) is 93.7 Å². The van der Waals surface area contributed by atoms with Gasteiger partial charge in [0.15, 0.2) is 11.5 Å². The minimum Gasteiger partial charge on any atom is -0.453 e. The molecule has 0 saturated heterocycles. The fourth-order valence-corrected chi connectivity index (χ4v) is 3.46. The molecule has 0 aromatic heterocycles. The average Bonchev–Trinajstić information content (AvgIpc) is 3.02. The van der Waals surface area contributed by atoms with Gasteiger partial charge in [0.25, 0.3) is 0 Å². The van der Waals surface area contributed by atoms with Crippen molar-refractivity contribution >= 4 is 21.6 Å². The van der Waals surface area contributed by atoms with Crippen molar-refractivity contribution in [3.8, 4) is 11.5 Å². The Labute approximate surface area is 155 Å². The van der Waals surface area contributed by atoms with Crippen molar-refractivity contribution in [2.45, 2.75) is 52.7 Å². The number of hydrogen-bond donors (Lipinski definition) is 2. The van der Waals surface area contributed by atoms with Gasteiger partial charge in [-0.1, -0.05) is 6.92 Å². The van der Waals surface area contributed by atoms with E-state index in [1.54, 1.807) is 13.8 Å². The SMILES string of the molecule is Cc1cc(NC(=O)CC(C)CCNS(=O)(=O)C(C)C)c(C)c2c1OCO2. The van der Waals surface area contributed by atoms with E-state index in [1.807, 2.05) is 26.8 Å². The minimum absolute atomic E-state index is 0.0558. The molecule has 0 radical (unpaired) electrons. The van der Waals surface area contributed by atoms with E-state index in [-0.39, 0.29) is 18.6 Å². The van der Waals surface area contributed by atoms with Crippen LogP contribution in [0.25, 0.3) is 0 Å². The van der Waals surface area contributed by atoms with Crippen molar-refractivity contribution < 1.29 is 22.7 Å². The minimum atomic E-state index is -3.26. The summed E-state index contributed by atoms with van der Waals surface area (Å²) in [6.45, 7) is 9.51. The van der Waals surface area contributed by atoms with Crippen molar-refractivity contribution in [1.82, 2.24) is 4.72 Å². The molecule has 1 heterocycles. The third-order valence-corrected chi connectivity index (χ3v) is 6.29. The van der Waals surface area contributed by atoms with Gasteiger partial charge in [0.1, 0.15) is 0 Å². The van der Waals surface area contributed by atoms with Crippen LogP contribution in [0.15, 0.2) is 6.07 Å². The maximum atomic E-state index is 12.3. The molecule has 26 heavy (non-hydrogen) atoms. The van der Waals surface area contributed by atoms with E-state index in [0.717, 1.165) is 16.9 Å². The highest BCUT2D eigenvalue weighted by Gasteiger charge is 2.22. The smallest absolute Gasteiger partial charge is 0.231 e. The first kappa shape index (κ1) is 20.5. The lowest BCUT2D eigenvalue weighted by atomic mass is 10.0. The average molecular weight is 384 g/mol. The van der Waals surface area contributed by atoms with Gasteiger partial charge in [0.05, 0.1) is 5.25 Å². The molecule has 1 atom stereocenters. The molecule has 1 amide bonds. The number of hydrogen-bond acceptors (Lipinski definition) is 5. The van der Waals surface area contributed by atoms with Gasteiger partial charge in [0.2, 0.25) is 22.7 Å². The Balaban J connectivity index is 1.88. The van der Waals surface area contributed by atoms with Gasteiger partial charge in [-0.05, 0) is 51.7 Å². The van der Waals surface area contributed by atoms with Gasteiger partial charge in [-0.15, -0.1) is 0 Å². The number of anilines is 1. The summed E-state index contributed by atoms with van der Waals surface area (Å²) in [4.78, 5) is 12.3. The van der Waals surface area contributed by atoms with Gasteiger partial charge >= 0.3 is 0 Å². The van der Waals surface area contributed by atoms with Crippen molar-refractivity contribution in [3.63, 3.8) is 0 Å². The van der Waals surface area contributed by atoms with E-state index in [4.69, 9.17) is 9.47 Å². The molecule has 1 unspecified atom stereocenters. The number of carbonyl (C=O) groups excluding carboxylic acids is 1. The number of benzene rings is 1. The number of amides is 1. The number of nitrogens with one attached hydrogen (secondary N) is 2. The molecule has 7 nitrogen and oxygen atoms in total. The van der Waals surface area contributed by atoms with Gasteiger partial charge < -0.3 is 14.8 Å². The molecule has 2 N–H and O–H groups in total. The van der Waals surface area contributed by atoms with Crippen molar-refractivity contribution in [2.75, 3.05) is 18.7 Å². The lowest BCUT2D eigenvalue weighted by Gasteiger charge is -2.15. The molecular weight excluding hydrogens is 356 g/mol. The second-order valence-electron chi connectivity index (χ2n) is 7.07. The second-order valence-corrected chi connectivity index (χ2v) is 9.39. The lowest BCUT2D eigenvalue weighted by Crippen LogP contribution is -2.32. The number of rotatable bonds is 8. The van der Waals surface area contributed by atoms with Crippen LogP contribution >= 0.6 is 0 Å². The molecule has 0 bridgehead atoms. The zero-order chi connectivity index (χ0) is 19.5. The van der Waals surface area contributed by atoms with Crippen LogP contribution in [0.4, 0.5) is 5.69 Å². The Morgan fingerprint density at radius 1 is 1.19 bits per heavy atom. The number of carbonyl (C=O) groups is 1. The molecular formula is C18H28N2O5S. The van der Waals surface area contributed by atoms with Crippen LogP contribution in [0.2, 0.25) is 0 Å². The highest BCUT2D eigenvalue weighted by molar-refractivity contribution is 7.90. The van der Waals surface area contributed by atoms with Crippen LogP contribution in [0.3, 0.4) is 0 Å². The summed E-state index contributed by atoms with van der Waals surface area (Å²) in [6.07, 6.45) is 0.912. The first-order valence-corrected chi connectivity index (χ1v) is 10.3. The van der Waals surface area contributed by atoms with E-state index >= 15 is 0 Å². The van der Waals surface area contributed by atoms with Crippen LogP contribution in [0, 0.1) is 19.8 Å². The summed E-state index contributed by atoms with van der Waals surface area (Å²) in [5.41, 5.74) is 2.47. The monoisotopic (exact) mass is 384 g/mol. The van der Waals surface area contributed by atoms with Gasteiger partial charge in [-0.25, -0.2) is 13.1 Å². The van der Waals surface area contributed by atoms with E-state index in [1.165, 1.54) is 0 Å². The Bertz CT molecular complexity index is 774. The summed E-state index contributed by atoms with van der Waals surface area (Å²) in [5.74, 6) is 1.36. The fourth-order valence-electron chi connectivity index (χ4n) is 2.73. The zero-order valence-corrected chi connectivity index (χ0v) is 16.8. The Hall–Kier alpha value is -1.80. The summed E-state index contributed by atoms with van der Waals surface area (Å²) in [6, 6.07) is 1.88. The molecule has 0 fully saturated rings. The van der Waals surface area contributed by atoms with Crippen molar-refractivity contribution in [1.29, 1.82) is 0 Å². The summed E-state index contributed by atoms with van der Waals surface area (Å²) >= 11 is 0. The maximum absolute atomic E-state index is 12.3. The van der Waals surface area contributed by atoms with Crippen molar-refractivity contribution in [2.24, 2.45) is 5.92 Å². The normalized spacial score (nSPS) is 14.5. The molecule has 1 aromatic carbocycles. The Morgan fingerprint density at radius 2 is 1.85 bits per heavy atom. The lowest BCUT2D eigenvalue weighted by molar-refractivity contribution is -0.117. The molecule has 1 aromatic rings. The summed E-state index contributed by atoms with van der Waals surface area (Å²) in [7, 11) is -3.26. The number of sulfonamides is 1. The molecule has 1 aliphatic rings. The maximum Gasteiger partial charge on any atom is 0.231 e. The number of ether oxygens (including phenoxy) is 2. The molecule has 0 saturated carbocycles. The Morgan fingerprint density at radius 3 is 2.50 bits per heavy atom. The quantitative estimate of drug-likeness (QED) is 0.719. The highest BCUT2D eigenvalue weighted by Crippen LogP contribution is 2.42. The van der Waals surface area contributed by atoms with Crippen LogP contribution in [0.1, 0.15) is 44.7 Å². The molecule has 0 aliphatic carbocycles. The van der Waals surface area contributed by atoms with Crippen molar-refractivity contribution in [3.05, 3.63) is 17.2 Å². The number of aryl methyl sites for hydroxylation is 1. The van der Waals surface area contributed by atoms with Crippen LogP contribution < -0.4 is 19.5 Å². The van der Waals surface area contributed by atoms with E-state index in [2.05, 4.69) is 10.0 Å². The molecule has 0 spiro atoms. The van der Waals surface area contributed by atoms with E-state index in [0.29, 0.717) is 30.8 Å². The van der Waals surface area contributed by atoms with Gasteiger partial charge in [-0.2, -0.15) is 0 Å². The standard InChI is InChI=1S/C18H28N2O5S/c1-11(2)26(22,23)19-7-6-12(3)8-16(21)20-15-9-13(4)17-18(14(15)5)25-10-24-17/h9,11-12,19H,6-8,10H2,1-5H3,(H,20,21). The van der Waals surface area contributed by atoms with Crippen LogP contribution in [-0.2, 0) is 14.8 Å². The van der Waals surface area contributed by atoms with Crippen LogP contribution in [0.5, 0.6) is 11.5 Å². The molecule has 146 valence electrons. The van der Waals surface area contributed by atoms with Gasteiger partial charge in [-0.3, -0.25) is 4.79 Å². The van der Waals surface area contributed by atoms with Crippen LogP contribution in [-0.4, -0.2) is 32.9 Å². The third kappa shape index (κ3) is 4.88. The largest absolute Gasteiger partial charge is 0.453 e. The van der Waals surface area contributed by atoms with E-state index < -0.39 is 15.3 Å². The second kappa shape index (κ2) is 8.26. The van der Waals surface area contributed by atoms with E-state index in [9.17, 15) is 13.2 Å². The highest BCUT2D eigenvalue weighted by atomic mass is 32.2. The fraction of sp³-hybridized carbons (Fsp3) is 0.611. The molecule has 1 aliphatic heterocycles. The predicted octanol–water partition coefficient (Wildman–Crippen LogP) is 2.71.